The SMILES string of the molecule is CCOc1cc(C=Nn2c(-c3ccccc3)nc3ccccc3c2=O)c(Br)c(Cl)c1O[C@@H](C)CC. The number of hydrogen-bond donors (Lipinski definition) is 0. The lowest BCUT2D eigenvalue weighted by Gasteiger charge is -2.19. The van der Waals surface area contributed by atoms with Crippen LogP contribution in [-0.4, -0.2) is 28.6 Å². The predicted molar refractivity (Wildman–Crippen MR) is 145 cm³/mol. The van der Waals surface area contributed by atoms with Gasteiger partial charge in [0.2, 0.25) is 0 Å². The highest BCUT2D eigenvalue weighted by molar-refractivity contribution is 9.10. The molecule has 0 radical (unpaired) electrons. The van der Waals surface area contributed by atoms with Crippen LogP contribution >= 0.6 is 27.5 Å². The van der Waals surface area contributed by atoms with Crippen LogP contribution in [-0.2, 0) is 0 Å². The second kappa shape index (κ2) is 11.1. The van der Waals surface area contributed by atoms with Gasteiger partial charge in [-0.05, 0) is 54.4 Å². The third-order valence-electron chi connectivity index (χ3n) is 5.45. The van der Waals surface area contributed by atoms with E-state index >= 15 is 0 Å². The van der Waals surface area contributed by atoms with E-state index in [1.54, 1.807) is 18.3 Å². The van der Waals surface area contributed by atoms with Crippen molar-refractivity contribution in [2.45, 2.75) is 33.3 Å². The van der Waals surface area contributed by atoms with Gasteiger partial charge in [0.1, 0.15) is 5.02 Å². The van der Waals surface area contributed by atoms with Gasteiger partial charge in [0.25, 0.3) is 5.56 Å². The molecular formula is C27H25BrClN3O3. The largest absolute Gasteiger partial charge is 0.490 e. The molecule has 0 saturated heterocycles. The topological polar surface area (TPSA) is 65.7 Å². The van der Waals surface area contributed by atoms with Gasteiger partial charge in [-0.2, -0.15) is 9.78 Å². The van der Waals surface area contributed by atoms with Gasteiger partial charge < -0.3 is 9.47 Å². The molecule has 0 aliphatic heterocycles. The number of ether oxygens (including phenoxy) is 2. The summed E-state index contributed by atoms with van der Waals surface area (Å²) in [5.41, 5.74) is 1.75. The first kappa shape index (κ1) is 24.9. The van der Waals surface area contributed by atoms with E-state index in [2.05, 4.69) is 21.0 Å². The molecule has 0 aliphatic carbocycles. The molecule has 4 aromatic rings. The smallest absolute Gasteiger partial charge is 0.282 e. The molecule has 8 heteroatoms. The van der Waals surface area contributed by atoms with Crippen LogP contribution in [0, 0.1) is 0 Å². The van der Waals surface area contributed by atoms with Gasteiger partial charge >= 0.3 is 0 Å². The van der Waals surface area contributed by atoms with Crippen molar-refractivity contribution < 1.29 is 9.47 Å². The average molecular weight is 555 g/mol. The van der Waals surface area contributed by atoms with E-state index in [-0.39, 0.29) is 11.7 Å². The summed E-state index contributed by atoms with van der Waals surface area (Å²) in [7, 11) is 0. The molecule has 0 fully saturated rings. The van der Waals surface area contributed by atoms with Crippen LogP contribution < -0.4 is 15.0 Å². The zero-order valence-corrected chi connectivity index (χ0v) is 22.0. The minimum atomic E-state index is -0.269. The maximum Gasteiger partial charge on any atom is 0.282 e. The van der Waals surface area contributed by atoms with Gasteiger partial charge in [-0.25, -0.2) is 4.98 Å². The van der Waals surface area contributed by atoms with E-state index in [4.69, 9.17) is 26.1 Å². The third kappa shape index (κ3) is 5.26. The van der Waals surface area contributed by atoms with Crippen LogP contribution in [0.3, 0.4) is 0 Å². The molecule has 35 heavy (non-hydrogen) atoms. The van der Waals surface area contributed by atoms with Gasteiger partial charge in [0.05, 0.1) is 29.8 Å². The molecule has 0 saturated carbocycles. The summed E-state index contributed by atoms with van der Waals surface area (Å²) < 4.78 is 13.7. The van der Waals surface area contributed by atoms with Crippen molar-refractivity contribution in [3.8, 4) is 22.9 Å². The van der Waals surface area contributed by atoms with E-state index in [0.717, 1.165) is 12.0 Å². The first-order valence-electron chi connectivity index (χ1n) is 11.4. The van der Waals surface area contributed by atoms with Gasteiger partial charge in [-0.1, -0.05) is 61.0 Å². The van der Waals surface area contributed by atoms with Crippen LogP contribution in [0.5, 0.6) is 11.5 Å². The van der Waals surface area contributed by atoms with Crippen LogP contribution in [0.15, 0.2) is 75.0 Å². The molecular weight excluding hydrogens is 530 g/mol. The maximum absolute atomic E-state index is 13.4. The standard InChI is InChI=1S/C27H25BrClN3O3/c1-4-17(3)35-25-22(34-5-2)15-19(23(28)24(25)29)16-30-32-26(18-11-7-6-8-12-18)31-21-14-10-9-13-20(21)27(32)33/h6-17H,4-5H2,1-3H3/t17-/m0/s1. The van der Waals surface area contributed by atoms with Crippen molar-refractivity contribution in [1.82, 2.24) is 9.66 Å². The van der Waals surface area contributed by atoms with Crippen LogP contribution in [0.25, 0.3) is 22.3 Å². The van der Waals surface area contributed by atoms with E-state index in [0.29, 0.717) is 49.9 Å². The second-order valence-electron chi connectivity index (χ2n) is 7.87. The van der Waals surface area contributed by atoms with Crippen LogP contribution in [0.2, 0.25) is 5.02 Å². The molecule has 180 valence electrons. The Balaban J connectivity index is 1.87. The number of benzene rings is 3. The van der Waals surface area contributed by atoms with Gasteiger partial charge in [0, 0.05) is 15.6 Å². The molecule has 1 atom stereocenters. The zero-order chi connectivity index (χ0) is 24.9. The Labute approximate surface area is 217 Å². The highest BCUT2D eigenvalue weighted by Crippen LogP contribution is 2.43. The Hall–Kier alpha value is -3.16. The Morgan fingerprint density at radius 1 is 1.14 bits per heavy atom. The summed E-state index contributed by atoms with van der Waals surface area (Å²) in [6.45, 7) is 6.34. The van der Waals surface area contributed by atoms with Crippen molar-refractivity contribution in [3.63, 3.8) is 0 Å². The van der Waals surface area contributed by atoms with E-state index in [1.165, 1.54) is 4.68 Å². The summed E-state index contributed by atoms with van der Waals surface area (Å²) in [4.78, 5) is 18.1. The number of nitrogens with zero attached hydrogens (tertiary/aromatic N) is 3. The van der Waals surface area contributed by atoms with Crippen molar-refractivity contribution >= 4 is 44.6 Å². The van der Waals surface area contributed by atoms with Crippen molar-refractivity contribution in [3.05, 3.63) is 86.1 Å². The Kier molecular flexibility index (Phi) is 7.88. The normalized spacial score (nSPS) is 12.3. The van der Waals surface area contributed by atoms with Crippen LogP contribution in [0.1, 0.15) is 32.8 Å². The monoisotopic (exact) mass is 553 g/mol. The second-order valence-corrected chi connectivity index (χ2v) is 9.04. The molecule has 0 bridgehead atoms. The fraction of sp³-hybridized carbons (Fsp3) is 0.222. The molecule has 6 nitrogen and oxygen atoms in total. The van der Waals surface area contributed by atoms with Gasteiger partial charge in [-0.15, -0.1) is 0 Å². The third-order valence-corrected chi connectivity index (χ3v) is 6.89. The number of halogens is 2. The quantitative estimate of drug-likeness (QED) is 0.221. The van der Waals surface area contributed by atoms with Gasteiger partial charge in [-0.3, -0.25) is 4.79 Å². The first-order valence-corrected chi connectivity index (χ1v) is 12.5. The Morgan fingerprint density at radius 3 is 2.57 bits per heavy atom. The fourth-order valence-electron chi connectivity index (χ4n) is 3.48. The summed E-state index contributed by atoms with van der Waals surface area (Å²) in [6.07, 6.45) is 2.35. The molecule has 0 unspecified atom stereocenters. The minimum absolute atomic E-state index is 0.0335. The number of para-hydroxylation sites is 1. The molecule has 3 aromatic carbocycles. The number of fused-ring (bicyclic) bond motifs is 1. The summed E-state index contributed by atoms with van der Waals surface area (Å²) in [5, 5.41) is 5.40. The average Bonchev–Trinajstić information content (AvgIpc) is 2.88. The van der Waals surface area contributed by atoms with E-state index in [9.17, 15) is 4.79 Å². The van der Waals surface area contributed by atoms with Gasteiger partial charge in [0.15, 0.2) is 17.3 Å². The molecule has 0 aliphatic rings. The molecule has 1 aromatic heterocycles. The first-order chi connectivity index (χ1) is 16.9. The lowest BCUT2D eigenvalue weighted by atomic mass is 10.2. The van der Waals surface area contributed by atoms with Crippen molar-refractivity contribution in [2.75, 3.05) is 6.61 Å². The maximum atomic E-state index is 13.4. The van der Waals surface area contributed by atoms with E-state index < -0.39 is 0 Å². The van der Waals surface area contributed by atoms with Crippen LogP contribution in [0.4, 0.5) is 0 Å². The highest BCUT2D eigenvalue weighted by Gasteiger charge is 2.19. The van der Waals surface area contributed by atoms with E-state index in [1.807, 2.05) is 69.3 Å². The molecule has 4 rings (SSSR count). The molecule has 0 N–H and O–H groups in total. The molecule has 1 heterocycles. The van der Waals surface area contributed by atoms with Crippen molar-refractivity contribution in [1.29, 1.82) is 0 Å². The molecule has 0 spiro atoms. The molecule has 0 amide bonds. The van der Waals surface area contributed by atoms with Crippen molar-refractivity contribution in [2.24, 2.45) is 5.10 Å². The highest BCUT2D eigenvalue weighted by atomic mass is 79.9. The Bertz CT molecular complexity index is 1440. The fourth-order valence-corrected chi connectivity index (χ4v) is 4.12. The Morgan fingerprint density at radius 2 is 1.86 bits per heavy atom. The summed E-state index contributed by atoms with van der Waals surface area (Å²) >= 11 is 10.2. The predicted octanol–water partition coefficient (Wildman–Crippen LogP) is 6.94. The number of rotatable bonds is 8. The number of aromatic nitrogens is 2. The number of hydrogen-bond acceptors (Lipinski definition) is 5. The lowest BCUT2D eigenvalue weighted by molar-refractivity contribution is 0.203. The lowest BCUT2D eigenvalue weighted by Crippen LogP contribution is -2.20. The zero-order valence-electron chi connectivity index (χ0n) is 19.7. The summed E-state index contributed by atoms with van der Waals surface area (Å²) in [6, 6.07) is 18.5. The summed E-state index contributed by atoms with van der Waals surface area (Å²) in [5.74, 6) is 1.42. The minimum Gasteiger partial charge on any atom is -0.490 e.